The van der Waals surface area contributed by atoms with Crippen molar-refractivity contribution >= 4 is 26.7 Å². The average Bonchev–Trinajstić information content (AvgIpc) is 2.83. The van der Waals surface area contributed by atoms with Crippen LogP contribution in [-0.4, -0.2) is 50.8 Å². The number of carbonyl (C=O) groups excluding carboxylic acids is 1. The third-order valence-electron chi connectivity index (χ3n) is 6.12. The van der Waals surface area contributed by atoms with E-state index in [-0.39, 0.29) is 11.8 Å². The van der Waals surface area contributed by atoms with Crippen LogP contribution in [0.5, 0.6) is 5.75 Å². The molecule has 0 aliphatic carbocycles. The van der Waals surface area contributed by atoms with Gasteiger partial charge in [0.25, 0.3) is 0 Å². The van der Waals surface area contributed by atoms with Gasteiger partial charge in [0, 0.05) is 32.6 Å². The lowest BCUT2D eigenvalue weighted by Crippen LogP contribution is -2.43. The maximum absolute atomic E-state index is 13.2. The van der Waals surface area contributed by atoms with Crippen molar-refractivity contribution in [2.75, 3.05) is 27.2 Å². The highest BCUT2D eigenvalue weighted by atomic mass is 32.2. The van der Waals surface area contributed by atoms with Gasteiger partial charge in [-0.05, 0) is 53.4 Å². The molecule has 0 bridgehead atoms. The SMILES string of the molecule is COc1ccc(CN(C)C(=O)C2CCN(S(=O)(=O)c3ccc4ccccc4c3)CC2)cc1. The van der Waals surface area contributed by atoms with Crippen LogP contribution < -0.4 is 4.74 Å². The van der Waals surface area contributed by atoms with Gasteiger partial charge in [-0.25, -0.2) is 8.42 Å². The minimum Gasteiger partial charge on any atom is -0.497 e. The van der Waals surface area contributed by atoms with E-state index in [1.165, 1.54) is 4.31 Å². The zero-order chi connectivity index (χ0) is 22.7. The third kappa shape index (κ3) is 4.64. The van der Waals surface area contributed by atoms with Crippen LogP contribution in [0.25, 0.3) is 10.8 Å². The number of fused-ring (bicyclic) bond motifs is 1. The number of hydrogen-bond donors (Lipinski definition) is 0. The van der Waals surface area contributed by atoms with Crippen LogP contribution in [0, 0.1) is 5.92 Å². The Morgan fingerprint density at radius 2 is 1.66 bits per heavy atom. The fourth-order valence-electron chi connectivity index (χ4n) is 4.21. The van der Waals surface area contributed by atoms with Gasteiger partial charge in [0.1, 0.15) is 5.75 Å². The summed E-state index contributed by atoms with van der Waals surface area (Å²) in [6, 6.07) is 20.6. The van der Waals surface area contributed by atoms with E-state index in [1.807, 2.05) is 54.6 Å². The van der Waals surface area contributed by atoms with E-state index in [4.69, 9.17) is 4.74 Å². The number of carbonyl (C=O) groups is 1. The molecule has 1 heterocycles. The Labute approximate surface area is 189 Å². The van der Waals surface area contributed by atoms with Gasteiger partial charge in [-0.2, -0.15) is 4.31 Å². The van der Waals surface area contributed by atoms with Gasteiger partial charge >= 0.3 is 0 Å². The highest BCUT2D eigenvalue weighted by Gasteiger charge is 2.33. The van der Waals surface area contributed by atoms with Crippen LogP contribution >= 0.6 is 0 Å². The van der Waals surface area contributed by atoms with Crippen molar-refractivity contribution in [1.82, 2.24) is 9.21 Å². The first kappa shape index (κ1) is 22.3. The van der Waals surface area contributed by atoms with Crippen molar-refractivity contribution in [2.45, 2.75) is 24.3 Å². The first-order valence-electron chi connectivity index (χ1n) is 10.8. The number of ether oxygens (including phenoxy) is 1. The second kappa shape index (κ2) is 9.30. The van der Waals surface area contributed by atoms with E-state index in [9.17, 15) is 13.2 Å². The molecule has 3 aromatic rings. The number of amides is 1. The fraction of sp³-hybridized carbons (Fsp3) is 0.320. The maximum Gasteiger partial charge on any atom is 0.243 e. The Bertz CT molecular complexity index is 1200. The van der Waals surface area contributed by atoms with Gasteiger partial charge in [-0.1, -0.05) is 42.5 Å². The molecular formula is C25H28N2O4S. The largest absolute Gasteiger partial charge is 0.497 e. The lowest BCUT2D eigenvalue weighted by molar-refractivity contribution is -0.135. The smallest absolute Gasteiger partial charge is 0.243 e. The summed E-state index contributed by atoms with van der Waals surface area (Å²) in [7, 11) is -0.163. The van der Waals surface area contributed by atoms with Gasteiger partial charge in [-0.3, -0.25) is 4.79 Å². The molecule has 0 unspecified atom stereocenters. The topological polar surface area (TPSA) is 66.9 Å². The van der Waals surface area contributed by atoms with Gasteiger partial charge < -0.3 is 9.64 Å². The van der Waals surface area contributed by atoms with E-state index in [0.717, 1.165) is 22.1 Å². The number of methoxy groups -OCH3 is 1. The normalized spacial score (nSPS) is 15.6. The highest BCUT2D eigenvalue weighted by molar-refractivity contribution is 7.89. The highest BCUT2D eigenvalue weighted by Crippen LogP contribution is 2.27. The van der Waals surface area contributed by atoms with E-state index in [0.29, 0.717) is 37.4 Å². The summed E-state index contributed by atoms with van der Waals surface area (Å²) in [6.07, 6.45) is 1.05. The number of sulfonamides is 1. The van der Waals surface area contributed by atoms with Crippen LogP contribution in [-0.2, 0) is 21.4 Å². The molecule has 0 spiro atoms. The predicted molar refractivity (Wildman–Crippen MR) is 125 cm³/mol. The summed E-state index contributed by atoms with van der Waals surface area (Å²) in [5.74, 6) is 0.674. The molecule has 0 radical (unpaired) electrons. The molecule has 1 saturated heterocycles. The molecule has 7 heteroatoms. The summed E-state index contributed by atoms with van der Waals surface area (Å²) in [4.78, 5) is 15.0. The summed E-state index contributed by atoms with van der Waals surface area (Å²) >= 11 is 0. The third-order valence-corrected chi connectivity index (χ3v) is 8.01. The molecule has 1 fully saturated rings. The second-order valence-corrected chi connectivity index (χ2v) is 10.2. The number of benzene rings is 3. The Morgan fingerprint density at radius 3 is 2.31 bits per heavy atom. The molecule has 1 aliphatic heterocycles. The summed E-state index contributed by atoms with van der Waals surface area (Å²) in [6.45, 7) is 1.21. The number of hydrogen-bond acceptors (Lipinski definition) is 4. The molecule has 0 saturated carbocycles. The van der Waals surface area contributed by atoms with Gasteiger partial charge in [-0.15, -0.1) is 0 Å². The van der Waals surface area contributed by atoms with E-state index < -0.39 is 10.0 Å². The quantitative estimate of drug-likeness (QED) is 0.569. The van der Waals surface area contributed by atoms with Gasteiger partial charge in [0.2, 0.25) is 15.9 Å². The van der Waals surface area contributed by atoms with Crippen molar-refractivity contribution in [3.8, 4) is 5.75 Å². The first-order valence-corrected chi connectivity index (χ1v) is 12.2. The predicted octanol–water partition coefficient (Wildman–Crippen LogP) is 3.91. The standard InChI is InChI=1S/C25H28N2O4S/c1-26(18-19-7-10-23(31-2)11-8-19)25(28)21-13-15-27(16-14-21)32(29,30)24-12-9-20-5-3-4-6-22(20)17-24/h3-12,17,21H,13-16,18H2,1-2H3. The minimum atomic E-state index is -3.58. The molecule has 3 aromatic carbocycles. The number of rotatable bonds is 6. The van der Waals surface area contributed by atoms with Crippen molar-refractivity contribution < 1.29 is 17.9 Å². The first-order chi connectivity index (χ1) is 15.4. The Kier molecular flexibility index (Phi) is 6.48. The zero-order valence-electron chi connectivity index (χ0n) is 18.4. The van der Waals surface area contributed by atoms with Crippen molar-refractivity contribution in [3.05, 3.63) is 72.3 Å². The van der Waals surface area contributed by atoms with Gasteiger partial charge in [0.05, 0.1) is 12.0 Å². The van der Waals surface area contributed by atoms with Crippen molar-refractivity contribution in [3.63, 3.8) is 0 Å². The van der Waals surface area contributed by atoms with E-state index in [1.54, 1.807) is 31.2 Å². The van der Waals surface area contributed by atoms with Gasteiger partial charge in [0.15, 0.2) is 0 Å². The lowest BCUT2D eigenvalue weighted by atomic mass is 9.96. The summed E-state index contributed by atoms with van der Waals surface area (Å²) in [5, 5.41) is 1.91. The average molecular weight is 453 g/mol. The molecule has 0 atom stereocenters. The van der Waals surface area contributed by atoms with E-state index in [2.05, 4.69) is 0 Å². The zero-order valence-corrected chi connectivity index (χ0v) is 19.2. The fourth-order valence-corrected chi connectivity index (χ4v) is 5.72. The summed E-state index contributed by atoms with van der Waals surface area (Å²) < 4.78 is 33.0. The molecule has 168 valence electrons. The number of piperidine rings is 1. The van der Waals surface area contributed by atoms with Crippen molar-refractivity contribution in [1.29, 1.82) is 0 Å². The van der Waals surface area contributed by atoms with Crippen LogP contribution in [0.2, 0.25) is 0 Å². The summed E-state index contributed by atoms with van der Waals surface area (Å²) in [5.41, 5.74) is 1.03. The van der Waals surface area contributed by atoms with Crippen LogP contribution in [0.1, 0.15) is 18.4 Å². The number of nitrogens with zero attached hydrogens (tertiary/aromatic N) is 2. The van der Waals surface area contributed by atoms with Crippen LogP contribution in [0.4, 0.5) is 0 Å². The molecule has 0 aromatic heterocycles. The maximum atomic E-state index is 13.2. The van der Waals surface area contributed by atoms with Crippen LogP contribution in [0.15, 0.2) is 71.6 Å². The van der Waals surface area contributed by atoms with Crippen molar-refractivity contribution in [2.24, 2.45) is 5.92 Å². The minimum absolute atomic E-state index is 0.0589. The second-order valence-electron chi connectivity index (χ2n) is 8.23. The van der Waals surface area contributed by atoms with E-state index >= 15 is 0 Å². The molecule has 6 nitrogen and oxygen atoms in total. The molecule has 1 amide bonds. The lowest BCUT2D eigenvalue weighted by Gasteiger charge is -2.32. The Morgan fingerprint density at radius 1 is 1.00 bits per heavy atom. The van der Waals surface area contributed by atoms with Crippen LogP contribution in [0.3, 0.4) is 0 Å². The molecule has 1 aliphatic rings. The molecule has 32 heavy (non-hydrogen) atoms. The molecular weight excluding hydrogens is 424 g/mol. The monoisotopic (exact) mass is 452 g/mol. The molecule has 4 rings (SSSR count). The Balaban J connectivity index is 1.38. The Hall–Kier alpha value is -2.90. The molecule has 0 N–H and O–H groups in total.